The third-order valence-corrected chi connectivity index (χ3v) is 6.14. The first-order chi connectivity index (χ1) is 19.1. The van der Waals surface area contributed by atoms with Gasteiger partial charge in [0.15, 0.2) is 11.5 Å². The van der Waals surface area contributed by atoms with Crippen molar-refractivity contribution >= 4 is 17.0 Å². The van der Waals surface area contributed by atoms with Crippen LogP contribution in [0.15, 0.2) is 77.7 Å². The second kappa shape index (κ2) is 12.2. The Morgan fingerprint density at radius 1 is 0.949 bits per heavy atom. The van der Waals surface area contributed by atoms with Gasteiger partial charge in [-0.3, -0.25) is 4.57 Å². The van der Waals surface area contributed by atoms with Crippen LogP contribution in [0.5, 0.6) is 17.6 Å². The first-order valence-corrected chi connectivity index (χ1v) is 12.9. The van der Waals surface area contributed by atoms with Crippen LogP contribution in [0.3, 0.4) is 0 Å². The third-order valence-electron chi connectivity index (χ3n) is 6.14. The Balaban J connectivity index is 1.20. The fraction of sp³-hybridized carbons (Fsp3) is 0.241. The maximum absolute atomic E-state index is 12.6. The summed E-state index contributed by atoms with van der Waals surface area (Å²) in [7, 11) is 0. The van der Waals surface area contributed by atoms with Gasteiger partial charge in [0.25, 0.3) is 0 Å². The number of benzene rings is 2. The van der Waals surface area contributed by atoms with E-state index in [1.54, 1.807) is 12.3 Å². The number of hydrogen-bond acceptors (Lipinski definition) is 8. The molecule has 2 aromatic carbocycles. The van der Waals surface area contributed by atoms with Crippen LogP contribution in [0.4, 0.5) is 5.82 Å². The minimum absolute atomic E-state index is 0.154. The number of aromatic nitrogens is 5. The molecule has 0 spiro atoms. The third kappa shape index (κ3) is 6.60. The summed E-state index contributed by atoms with van der Waals surface area (Å²) in [5, 5.41) is 3.44. The first kappa shape index (κ1) is 25.9. The van der Waals surface area contributed by atoms with Gasteiger partial charge in [0, 0.05) is 25.4 Å². The molecule has 4 N–H and O–H groups in total. The molecule has 0 saturated heterocycles. The Kier molecular flexibility index (Phi) is 8.13. The second-order valence-corrected chi connectivity index (χ2v) is 9.15. The number of pyridine rings is 1. The van der Waals surface area contributed by atoms with E-state index in [4.69, 9.17) is 15.2 Å². The highest BCUT2D eigenvalue weighted by molar-refractivity contribution is 5.81. The topological polar surface area (TPSA) is 133 Å². The number of nitrogens with one attached hydrogen (secondary N) is 2. The summed E-state index contributed by atoms with van der Waals surface area (Å²) >= 11 is 0. The Hall–Kier alpha value is -4.70. The molecule has 0 atom stereocenters. The van der Waals surface area contributed by atoms with E-state index < -0.39 is 0 Å². The average Bonchev–Trinajstić information content (AvgIpc) is 3.27. The number of imidazole rings is 1. The molecular formula is C29H31N7O3. The first-order valence-electron chi connectivity index (χ1n) is 12.9. The van der Waals surface area contributed by atoms with E-state index in [2.05, 4.69) is 44.3 Å². The predicted octanol–water partition coefficient (Wildman–Crippen LogP) is 4.41. The van der Waals surface area contributed by atoms with E-state index in [1.807, 2.05) is 48.5 Å². The van der Waals surface area contributed by atoms with Crippen molar-refractivity contribution in [2.24, 2.45) is 0 Å². The molecular weight excluding hydrogens is 494 g/mol. The molecule has 0 unspecified atom stereocenters. The lowest BCUT2D eigenvalue weighted by molar-refractivity contribution is 0.286. The molecule has 3 aromatic heterocycles. The van der Waals surface area contributed by atoms with Crippen LogP contribution in [-0.4, -0.2) is 31.1 Å². The molecule has 10 nitrogen and oxygen atoms in total. The summed E-state index contributed by atoms with van der Waals surface area (Å²) in [6.45, 7) is 4.38. The number of nitrogen functional groups attached to an aromatic ring is 1. The highest BCUT2D eigenvalue weighted by Crippen LogP contribution is 2.22. The quantitative estimate of drug-likeness (QED) is 0.204. The van der Waals surface area contributed by atoms with Gasteiger partial charge in [-0.25, -0.2) is 9.78 Å². The molecule has 0 aliphatic carbocycles. The molecule has 5 rings (SSSR count). The standard InChI is InChI=1S/C29H31N7O3/c1-2-3-15-38-28-34-26(30)25-27(35-28)36(29(37)33-25)19-22-11-14-24(32-18-22)39-23-12-9-21(10-13-23)17-31-16-20-7-5-4-6-8-20/h4-14,18,31H,2-3,15-17,19H2,1H3,(H,33,37)(H2,30,34,35). The Morgan fingerprint density at radius 3 is 2.41 bits per heavy atom. The summed E-state index contributed by atoms with van der Waals surface area (Å²) in [4.78, 5) is 28.3. The molecule has 0 fully saturated rings. The lowest BCUT2D eigenvalue weighted by Crippen LogP contribution is -2.18. The Morgan fingerprint density at radius 2 is 1.69 bits per heavy atom. The van der Waals surface area contributed by atoms with Crippen LogP contribution < -0.4 is 26.2 Å². The molecule has 0 bridgehead atoms. The number of hydrogen-bond donors (Lipinski definition) is 3. The van der Waals surface area contributed by atoms with E-state index in [1.165, 1.54) is 10.1 Å². The molecule has 10 heteroatoms. The average molecular weight is 526 g/mol. The van der Waals surface area contributed by atoms with Gasteiger partial charge >= 0.3 is 11.7 Å². The maximum Gasteiger partial charge on any atom is 0.328 e. The van der Waals surface area contributed by atoms with Crippen LogP contribution in [0.1, 0.15) is 36.5 Å². The van der Waals surface area contributed by atoms with Gasteiger partial charge in [0.05, 0.1) is 13.2 Å². The maximum atomic E-state index is 12.6. The Bertz CT molecular complexity index is 1560. The van der Waals surface area contributed by atoms with Gasteiger partial charge < -0.3 is 25.5 Å². The number of anilines is 1. The van der Waals surface area contributed by atoms with Crippen LogP contribution in [-0.2, 0) is 19.6 Å². The number of rotatable bonds is 12. The van der Waals surface area contributed by atoms with Crippen molar-refractivity contribution in [3.63, 3.8) is 0 Å². The van der Waals surface area contributed by atoms with Gasteiger partial charge in [-0.1, -0.05) is 61.9 Å². The van der Waals surface area contributed by atoms with Crippen molar-refractivity contribution < 1.29 is 9.47 Å². The summed E-state index contributed by atoms with van der Waals surface area (Å²) in [5.41, 5.74) is 9.69. The largest absolute Gasteiger partial charge is 0.463 e. The monoisotopic (exact) mass is 525 g/mol. The van der Waals surface area contributed by atoms with Crippen molar-refractivity contribution in [2.75, 3.05) is 12.3 Å². The van der Waals surface area contributed by atoms with Gasteiger partial charge in [0.2, 0.25) is 5.88 Å². The molecule has 0 amide bonds. The van der Waals surface area contributed by atoms with E-state index in [0.717, 1.165) is 37.1 Å². The molecule has 0 radical (unpaired) electrons. The van der Waals surface area contributed by atoms with Crippen LogP contribution in [0.2, 0.25) is 0 Å². The Labute approximate surface area is 225 Å². The lowest BCUT2D eigenvalue weighted by Gasteiger charge is -2.09. The predicted molar refractivity (Wildman–Crippen MR) is 150 cm³/mol. The number of ether oxygens (including phenoxy) is 2. The highest BCUT2D eigenvalue weighted by atomic mass is 16.5. The van der Waals surface area contributed by atoms with E-state index in [9.17, 15) is 4.79 Å². The minimum Gasteiger partial charge on any atom is -0.463 e. The minimum atomic E-state index is -0.338. The van der Waals surface area contributed by atoms with Gasteiger partial charge in [-0.05, 0) is 35.2 Å². The second-order valence-electron chi connectivity index (χ2n) is 9.15. The van der Waals surface area contributed by atoms with Crippen molar-refractivity contribution in [3.05, 3.63) is 100 Å². The van der Waals surface area contributed by atoms with Crippen LogP contribution >= 0.6 is 0 Å². The number of aromatic amines is 1. The van der Waals surface area contributed by atoms with Crippen LogP contribution in [0, 0.1) is 0 Å². The van der Waals surface area contributed by atoms with E-state index in [0.29, 0.717) is 29.4 Å². The van der Waals surface area contributed by atoms with Gasteiger partial charge in [-0.15, -0.1) is 0 Å². The van der Waals surface area contributed by atoms with Gasteiger partial charge in [0.1, 0.15) is 11.3 Å². The molecule has 200 valence electrons. The summed E-state index contributed by atoms with van der Waals surface area (Å²) in [6, 6.07) is 22.0. The normalized spacial score (nSPS) is 11.1. The number of H-pyrrole nitrogens is 1. The molecule has 3 heterocycles. The molecule has 0 aliphatic rings. The number of unbranched alkanes of at least 4 members (excludes halogenated alkanes) is 1. The van der Waals surface area contributed by atoms with E-state index in [-0.39, 0.29) is 24.1 Å². The van der Waals surface area contributed by atoms with Crippen molar-refractivity contribution in [3.8, 4) is 17.6 Å². The molecule has 5 aromatic rings. The van der Waals surface area contributed by atoms with Crippen molar-refractivity contribution in [2.45, 2.75) is 39.4 Å². The zero-order valence-corrected chi connectivity index (χ0v) is 21.8. The number of nitrogens with zero attached hydrogens (tertiary/aromatic N) is 4. The summed E-state index contributed by atoms with van der Waals surface area (Å²) in [6.07, 6.45) is 3.53. The summed E-state index contributed by atoms with van der Waals surface area (Å²) in [5.74, 6) is 1.32. The smallest absolute Gasteiger partial charge is 0.328 e. The zero-order valence-electron chi connectivity index (χ0n) is 21.8. The van der Waals surface area contributed by atoms with E-state index >= 15 is 0 Å². The zero-order chi connectivity index (χ0) is 27.0. The SMILES string of the molecule is CCCCOc1nc(N)c2[nH]c(=O)n(Cc3ccc(Oc4ccc(CNCc5ccccc5)cc4)nc3)c2n1. The van der Waals surface area contributed by atoms with Crippen molar-refractivity contribution in [1.29, 1.82) is 0 Å². The number of nitrogens with two attached hydrogens (primary N) is 1. The summed E-state index contributed by atoms with van der Waals surface area (Å²) < 4.78 is 13.0. The molecule has 0 saturated carbocycles. The van der Waals surface area contributed by atoms with Crippen LogP contribution in [0.25, 0.3) is 11.2 Å². The fourth-order valence-corrected chi connectivity index (χ4v) is 4.04. The molecule has 39 heavy (non-hydrogen) atoms. The highest BCUT2D eigenvalue weighted by Gasteiger charge is 2.15. The van der Waals surface area contributed by atoms with Crippen molar-refractivity contribution in [1.82, 2.24) is 29.8 Å². The molecule has 0 aliphatic heterocycles. The lowest BCUT2D eigenvalue weighted by atomic mass is 10.2. The number of fused-ring (bicyclic) bond motifs is 1. The van der Waals surface area contributed by atoms with Gasteiger partial charge in [-0.2, -0.15) is 9.97 Å². The fourth-order valence-electron chi connectivity index (χ4n) is 4.04.